The number of amides is 1. The number of carbonyl (C=O) groups is 1. The van der Waals surface area contributed by atoms with Crippen molar-refractivity contribution in [3.05, 3.63) is 30.1 Å². The number of rotatable bonds is 4. The van der Waals surface area contributed by atoms with E-state index < -0.39 is 0 Å². The highest BCUT2D eigenvalue weighted by Gasteiger charge is 2.47. The summed E-state index contributed by atoms with van der Waals surface area (Å²) in [5.74, 6) is 0.697. The van der Waals surface area contributed by atoms with Gasteiger partial charge in [0.05, 0.1) is 11.5 Å². The van der Waals surface area contributed by atoms with Crippen LogP contribution in [0.3, 0.4) is 0 Å². The first-order valence-corrected chi connectivity index (χ1v) is 6.48. The van der Waals surface area contributed by atoms with Crippen molar-refractivity contribution in [3.63, 3.8) is 0 Å². The highest BCUT2D eigenvalue weighted by Crippen LogP contribution is 2.45. The minimum atomic E-state index is -0.333. The summed E-state index contributed by atoms with van der Waals surface area (Å²) >= 11 is 0. The third-order valence-corrected chi connectivity index (χ3v) is 3.90. The zero-order valence-corrected chi connectivity index (χ0v) is 11.0. The van der Waals surface area contributed by atoms with Crippen molar-refractivity contribution in [3.8, 4) is 0 Å². The van der Waals surface area contributed by atoms with Crippen LogP contribution in [0.2, 0.25) is 0 Å². The molecule has 0 spiro atoms. The molecule has 18 heavy (non-hydrogen) atoms. The molecule has 0 aliphatic heterocycles. The summed E-state index contributed by atoms with van der Waals surface area (Å²) in [5, 5.41) is 3.06. The van der Waals surface area contributed by atoms with Gasteiger partial charge in [0.15, 0.2) is 0 Å². The number of nitrogens with one attached hydrogen (secondary N) is 1. The van der Waals surface area contributed by atoms with E-state index >= 15 is 0 Å². The van der Waals surface area contributed by atoms with Gasteiger partial charge in [-0.3, -0.25) is 9.78 Å². The number of hydrogen-bond donors (Lipinski definition) is 2. The van der Waals surface area contributed by atoms with Crippen molar-refractivity contribution in [2.24, 2.45) is 17.1 Å². The quantitative estimate of drug-likeness (QED) is 0.849. The minimum absolute atomic E-state index is 0.000156. The van der Waals surface area contributed by atoms with Crippen LogP contribution in [0.4, 0.5) is 0 Å². The third-order valence-electron chi connectivity index (χ3n) is 3.90. The maximum atomic E-state index is 12.3. The van der Waals surface area contributed by atoms with E-state index in [1.165, 1.54) is 0 Å². The monoisotopic (exact) mass is 247 g/mol. The lowest BCUT2D eigenvalue weighted by Crippen LogP contribution is -2.53. The number of pyridine rings is 1. The lowest BCUT2D eigenvalue weighted by atomic mass is 9.62. The molecule has 2 rings (SSSR count). The smallest absolute Gasteiger partial charge is 0.227 e. The number of aromatic nitrogens is 1. The topological polar surface area (TPSA) is 68.0 Å². The molecular formula is C14H21N3O. The molecule has 1 saturated carbocycles. The predicted octanol–water partition coefficient (Wildman–Crippen LogP) is 1.63. The molecule has 1 heterocycles. The summed E-state index contributed by atoms with van der Waals surface area (Å²) in [4.78, 5) is 16.3. The largest absolute Gasteiger partial charge is 0.349 e. The Hall–Kier alpha value is -1.42. The lowest BCUT2D eigenvalue weighted by molar-refractivity contribution is -0.138. The zero-order chi connectivity index (χ0) is 13.2. The van der Waals surface area contributed by atoms with Gasteiger partial charge >= 0.3 is 0 Å². The van der Waals surface area contributed by atoms with Crippen LogP contribution < -0.4 is 11.1 Å². The predicted molar refractivity (Wildman–Crippen MR) is 70.7 cm³/mol. The maximum Gasteiger partial charge on any atom is 0.227 e. The van der Waals surface area contributed by atoms with Gasteiger partial charge in [-0.2, -0.15) is 0 Å². The van der Waals surface area contributed by atoms with E-state index in [2.05, 4.69) is 17.2 Å². The molecule has 98 valence electrons. The Morgan fingerprint density at radius 1 is 1.56 bits per heavy atom. The first kappa shape index (κ1) is 13.0. The van der Waals surface area contributed by atoms with E-state index in [4.69, 9.17) is 5.73 Å². The van der Waals surface area contributed by atoms with Crippen LogP contribution in [-0.2, 0) is 4.79 Å². The minimum Gasteiger partial charge on any atom is -0.349 e. The van der Waals surface area contributed by atoms with Crippen molar-refractivity contribution in [2.45, 2.75) is 32.7 Å². The Kier molecular flexibility index (Phi) is 3.66. The Bertz CT molecular complexity index is 412. The molecule has 1 aromatic rings. The summed E-state index contributed by atoms with van der Waals surface area (Å²) in [7, 11) is 0. The van der Waals surface area contributed by atoms with Crippen LogP contribution in [0, 0.1) is 11.3 Å². The fourth-order valence-corrected chi connectivity index (χ4v) is 2.80. The summed E-state index contributed by atoms with van der Waals surface area (Å²) in [6.07, 6.45) is 5.28. The van der Waals surface area contributed by atoms with E-state index in [-0.39, 0.29) is 17.4 Å². The van der Waals surface area contributed by atoms with Gasteiger partial charge in [-0.15, -0.1) is 0 Å². The van der Waals surface area contributed by atoms with Crippen molar-refractivity contribution < 1.29 is 4.79 Å². The summed E-state index contributed by atoms with van der Waals surface area (Å²) < 4.78 is 0. The van der Waals surface area contributed by atoms with Crippen LogP contribution >= 0.6 is 0 Å². The van der Waals surface area contributed by atoms with E-state index in [0.29, 0.717) is 12.5 Å². The average Bonchev–Trinajstić information content (AvgIpc) is 2.35. The fourth-order valence-electron chi connectivity index (χ4n) is 2.80. The standard InChI is InChI=1S/C14H21N3O/c1-10-7-14(8-10,9-15)13(18)17-11(2)12-3-5-16-6-4-12/h3-6,10-11H,7-9,15H2,1-2H3,(H,17,18). The highest BCUT2D eigenvalue weighted by atomic mass is 16.2. The molecule has 1 fully saturated rings. The molecule has 3 N–H and O–H groups in total. The average molecular weight is 247 g/mol. The molecule has 1 aliphatic rings. The molecule has 4 nitrogen and oxygen atoms in total. The Morgan fingerprint density at radius 3 is 2.67 bits per heavy atom. The lowest BCUT2D eigenvalue weighted by Gasteiger charge is -2.44. The molecule has 1 unspecified atom stereocenters. The van der Waals surface area contributed by atoms with E-state index in [1.807, 2.05) is 19.1 Å². The van der Waals surface area contributed by atoms with Crippen molar-refractivity contribution in [2.75, 3.05) is 6.54 Å². The van der Waals surface area contributed by atoms with Gasteiger partial charge in [0, 0.05) is 18.9 Å². The maximum absolute atomic E-state index is 12.3. The molecule has 0 saturated heterocycles. The van der Waals surface area contributed by atoms with Crippen LogP contribution in [0.25, 0.3) is 0 Å². The van der Waals surface area contributed by atoms with Gasteiger partial charge in [0.25, 0.3) is 0 Å². The van der Waals surface area contributed by atoms with E-state index in [0.717, 1.165) is 18.4 Å². The molecule has 1 amide bonds. The molecule has 0 aromatic carbocycles. The Balaban J connectivity index is 1.99. The third kappa shape index (κ3) is 2.38. The SMILES string of the molecule is CC1CC(CN)(C(=O)NC(C)c2ccncc2)C1. The Labute approximate surface area is 108 Å². The van der Waals surface area contributed by atoms with Gasteiger partial charge in [0.1, 0.15) is 0 Å². The summed E-state index contributed by atoms with van der Waals surface area (Å²) in [6.45, 7) is 4.58. The van der Waals surface area contributed by atoms with Crippen LogP contribution in [0.1, 0.15) is 38.3 Å². The van der Waals surface area contributed by atoms with Gasteiger partial charge in [-0.1, -0.05) is 6.92 Å². The normalized spacial score (nSPS) is 28.3. The number of hydrogen-bond acceptors (Lipinski definition) is 3. The summed E-state index contributed by atoms with van der Waals surface area (Å²) in [6, 6.07) is 3.84. The number of nitrogens with two attached hydrogens (primary N) is 1. The second-order valence-electron chi connectivity index (χ2n) is 5.47. The molecule has 1 aromatic heterocycles. The van der Waals surface area contributed by atoms with Crippen molar-refractivity contribution in [1.82, 2.24) is 10.3 Å². The second kappa shape index (κ2) is 5.06. The van der Waals surface area contributed by atoms with Gasteiger partial charge < -0.3 is 11.1 Å². The number of carbonyl (C=O) groups excluding carboxylic acids is 1. The van der Waals surface area contributed by atoms with Crippen LogP contribution in [0.15, 0.2) is 24.5 Å². The summed E-state index contributed by atoms with van der Waals surface area (Å²) in [5.41, 5.74) is 6.51. The Morgan fingerprint density at radius 2 is 2.17 bits per heavy atom. The second-order valence-corrected chi connectivity index (χ2v) is 5.47. The van der Waals surface area contributed by atoms with E-state index in [9.17, 15) is 4.79 Å². The molecule has 1 aliphatic carbocycles. The zero-order valence-electron chi connectivity index (χ0n) is 11.0. The molecular weight excluding hydrogens is 226 g/mol. The van der Waals surface area contributed by atoms with Gasteiger partial charge in [-0.05, 0) is 43.4 Å². The van der Waals surface area contributed by atoms with Crippen molar-refractivity contribution >= 4 is 5.91 Å². The molecule has 0 bridgehead atoms. The van der Waals surface area contributed by atoms with Crippen LogP contribution in [-0.4, -0.2) is 17.4 Å². The molecule has 4 heteroatoms. The van der Waals surface area contributed by atoms with Gasteiger partial charge in [-0.25, -0.2) is 0 Å². The first-order valence-electron chi connectivity index (χ1n) is 6.48. The number of nitrogens with zero attached hydrogens (tertiary/aromatic N) is 1. The first-order chi connectivity index (χ1) is 8.57. The van der Waals surface area contributed by atoms with E-state index in [1.54, 1.807) is 12.4 Å². The van der Waals surface area contributed by atoms with Gasteiger partial charge in [0.2, 0.25) is 5.91 Å². The fraction of sp³-hybridized carbons (Fsp3) is 0.571. The highest BCUT2D eigenvalue weighted by molar-refractivity contribution is 5.84. The van der Waals surface area contributed by atoms with Crippen molar-refractivity contribution in [1.29, 1.82) is 0 Å². The van der Waals surface area contributed by atoms with Crippen LogP contribution in [0.5, 0.6) is 0 Å². The molecule has 0 radical (unpaired) electrons. The molecule has 1 atom stereocenters.